The lowest BCUT2D eigenvalue weighted by atomic mass is 10.1. The molecule has 0 N–H and O–H groups in total. The molecule has 3 rings (SSSR count). The number of anilines is 1. The molecule has 20 heavy (non-hydrogen) atoms. The van der Waals surface area contributed by atoms with E-state index in [2.05, 4.69) is 48.0 Å². The summed E-state index contributed by atoms with van der Waals surface area (Å²) in [4.78, 5) is 11.5. The van der Waals surface area contributed by atoms with Crippen LogP contribution in [0.3, 0.4) is 0 Å². The van der Waals surface area contributed by atoms with Crippen molar-refractivity contribution in [2.75, 3.05) is 18.0 Å². The first-order valence-corrected chi connectivity index (χ1v) is 7.21. The van der Waals surface area contributed by atoms with Gasteiger partial charge in [-0.05, 0) is 38.1 Å². The van der Waals surface area contributed by atoms with Gasteiger partial charge in [0.15, 0.2) is 0 Å². The number of fused-ring (bicyclic) bond motifs is 3. The smallest absolute Gasteiger partial charge is 0.129 e. The van der Waals surface area contributed by atoms with Crippen LogP contribution < -0.4 is 4.90 Å². The Hall–Kier alpha value is -1.87. The summed E-state index contributed by atoms with van der Waals surface area (Å²) in [6.07, 6.45) is 0. The Bertz CT molecular complexity index is 766. The summed E-state index contributed by atoms with van der Waals surface area (Å²) in [5.41, 5.74) is 1.78. The number of aromatic nitrogens is 2. The van der Waals surface area contributed by atoms with Gasteiger partial charge in [0.05, 0.1) is 11.0 Å². The fourth-order valence-corrected chi connectivity index (χ4v) is 2.60. The minimum atomic E-state index is 0.500. The van der Waals surface area contributed by atoms with Crippen LogP contribution in [-0.4, -0.2) is 23.1 Å². The third kappa shape index (κ3) is 2.18. The zero-order chi connectivity index (χ0) is 14.1. The topological polar surface area (TPSA) is 29.0 Å². The highest BCUT2D eigenvalue weighted by molar-refractivity contribution is 6.30. The summed E-state index contributed by atoms with van der Waals surface area (Å²) in [7, 11) is 0. The molecule has 1 aromatic carbocycles. The van der Waals surface area contributed by atoms with Gasteiger partial charge in [-0.25, -0.2) is 9.97 Å². The molecular weight excluding hydrogens is 270 g/mol. The maximum atomic E-state index is 6.03. The van der Waals surface area contributed by atoms with Crippen molar-refractivity contribution in [1.29, 1.82) is 0 Å². The average molecular weight is 286 g/mol. The minimum absolute atomic E-state index is 0.500. The van der Waals surface area contributed by atoms with E-state index in [0.717, 1.165) is 40.7 Å². The SMILES string of the molecule is CCN(CC)c1ccc2ccc3ccc(Cl)nc3c2n1. The molecule has 2 aromatic heterocycles. The van der Waals surface area contributed by atoms with E-state index in [0.29, 0.717) is 5.15 Å². The van der Waals surface area contributed by atoms with E-state index in [4.69, 9.17) is 16.6 Å². The molecule has 102 valence electrons. The number of rotatable bonds is 3. The second-order valence-corrected chi connectivity index (χ2v) is 5.07. The van der Waals surface area contributed by atoms with Gasteiger partial charge in [0.25, 0.3) is 0 Å². The lowest BCUT2D eigenvalue weighted by molar-refractivity contribution is 0.850. The normalized spacial score (nSPS) is 11.2. The van der Waals surface area contributed by atoms with Crippen LogP contribution in [-0.2, 0) is 0 Å². The summed E-state index contributed by atoms with van der Waals surface area (Å²) in [5.74, 6) is 0.983. The number of halogens is 1. The third-order valence-corrected chi connectivity index (χ3v) is 3.77. The van der Waals surface area contributed by atoms with Gasteiger partial charge in [-0.3, -0.25) is 0 Å². The molecule has 3 nitrogen and oxygen atoms in total. The number of hydrogen-bond acceptors (Lipinski definition) is 3. The molecule has 2 heterocycles. The molecule has 0 saturated carbocycles. The Kier molecular flexibility index (Phi) is 3.45. The van der Waals surface area contributed by atoms with Crippen molar-refractivity contribution in [1.82, 2.24) is 9.97 Å². The van der Waals surface area contributed by atoms with Gasteiger partial charge in [-0.1, -0.05) is 23.7 Å². The maximum Gasteiger partial charge on any atom is 0.129 e. The van der Waals surface area contributed by atoms with Gasteiger partial charge >= 0.3 is 0 Å². The van der Waals surface area contributed by atoms with E-state index in [-0.39, 0.29) is 0 Å². The summed E-state index contributed by atoms with van der Waals surface area (Å²) < 4.78 is 0. The molecule has 4 heteroatoms. The van der Waals surface area contributed by atoms with Crippen LogP contribution >= 0.6 is 11.6 Å². The molecule has 0 fully saturated rings. The zero-order valence-electron chi connectivity index (χ0n) is 11.6. The van der Waals surface area contributed by atoms with Gasteiger partial charge in [-0.15, -0.1) is 0 Å². The molecule has 0 bridgehead atoms. The van der Waals surface area contributed by atoms with E-state index >= 15 is 0 Å². The quantitative estimate of drug-likeness (QED) is 0.531. The molecule has 0 atom stereocenters. The van der Waals surface area contributed by atoms with E-state index in [1.807, 2.05) is 12.1 Å². The summed E-state index contributed by atoms with van der Waals surface area (Å²) >= 11 is 6.03. The van der Waals surface area contributed by atoms with Crippen LogP contribution in [0.1, 0.15) is 13.8 Å². The lowest BCUT2D eigenvalue weighted by Crippen LogP contribution is -2.22. The fourth-order valence-electron chi connectivity index (χ4n) is 2.46. The Morgan fingerprint density at radius 3 is 2.05 bits per heavy atom. The van der Waals surface area contributed by atoms with Gasteiger partial charge in [0.1, 0.15) is 11.0 Å². The molecule has 0 aliphatic carbocycles. The molecule has 0 spiro atoms. The summed E-state index contributed by atoms with van der Waals surface area (Å²) in [5, 5.41) is 2.65. The lowest BCUT2D eigenvalue weighted by Gasteiger charge is -2.20. The van der Waals surface area contributed by atoms with Crippen molar-refractivity contribution < 1.29 is 0 Å². The molecule has 0 aliphatic rings. The van der Waals surface area contributed by atoms with Gasteiger partial charge in [-0.2, -0.15) is 0 Å². The maximum absolute atomic E-state index is 6.03. The molecular formula is C16H16ClN3. The minimum Gasteiger partial charge on any atom is -0.357 e. The number of benzene rings is 1. The molecule has 3 aromatic rings. The monoisotopic (exact) mass is 285 g/mol. The standard InChI is InChI=1S/C16H16ClN3/c1-3-20(4-2)14-10-8-12-6-5-11-7-9-13(17)18-15(11)16(12)19-14/h5-10H,3-4H2,1-2H3. The van der Waals surface area contributed by atoms with Crippen LogP contribution in [0.4, 0.5) is 5.82 Å². The van der Waals surface area contributed by atoms with Gasteiger partial charge in [0.2, 0.25) is 0 Å². The van der Waals surface area contributed by atoms with Crippen LogP contribution in [0, 0.1) is 0 Å². The summed E-state index contributed by atoms with van der Waals surface area (Å²) in [6.45, 7) is 6.14. The first kappa shape index (κ1) is 13.1. The van der Waals surface area contributed by atoms with Crippen LogP contribution in [0.25, 0.3) is 21.8 Å². The molecule has 0 amide bonds. The van der Waals surface area contributed by atoms with Crippen LogP contribution in [0.5, 0.6) is 0 Å². The Morgan fingerprint density at radius 2 is 1.40 bits per heavy atom. The van der Waals surface area contributed by atoms with Crippen molar-refractivity contribution in [2.45, 2.75) is 13.8 Å². The molecule has 0 unspecified atom stereocenters. The van der Waals surface area contributed by atoms with E-state index in [9.17, 15) is 0 Å². The first-order chi connectivity index (χ1) is 9.72. The second kappa shape index (κ2) is 5.25. The average Bonchev–Trinajstić information content (AvgIpc) is 2.48. The number of hydrogen-bond donors (Lipinski definition) is 0. The predicted octanol–water partition coefficient (Wildman–Crippen LogP) is 4.28. The van der Waals surface area contributed by atoms with Crippen molar-refractivity contribution in [3.05, 3.63) is 41.6 Å². The van der Waals surface area contributed by atoms with Crippen LogP contribution in [0.2, 0.25) is 5.15 Å². The highest BCUT2D eigenvalue weighted by Gasteiger charge is 2.08. The number of pyridine rings is 2. The highest BCUT2D eigenvalue weighted by atomic mass is 35.5. The second-order valence-electron chi connectivity index (χ2n) is 4.68. The number of nitrogens with zero attached hydrogens (tertiary/aromatic N) is 3. The summed E-state index contributed by atoms with van der Waals surface area (Å²) in [6, 6.07) is 12.1. The fraction of sp³-hybridized carbons (Fsp3) is 0.250. The molecule has 0 aliphatic heterocycles. The van der Waals surface area contributed by atoms with Crippen molar-refractivity contribution in [3.8, 4) is 0 Å². The molecule has 0 saturated heterocycles. The third-order valence-electron chi connectivity index (χ3n) is 3.56. The van der Waals surface area contributed by atoms with Crippen molar-refractivity contribution >= 4 is 39.2 Å². The van der Waals surface area contributed by atoms with Gasteiger partial charge < -0.3 is 4.90 Å². The molecule has 0 radical (unpaired) electrons. The van der Waals surface area contributed by atoms with E-state index < -0.39 is 0 Å². The highest BCUT2D eigenvalue weighted by Crippen LogP contribution is 2.26. The Balaban J connectivity index is 2.30. The Morgan fingerprint density at radius 1 is 0.850 bits per heavy atom. The van der Waals surface area contributed by atoms with E-state index in [1.165, 1.54) is 0 Å². The van der Waals surface area contributed by atoms with Crippen LogP contribution in [0.15, 0.2) is 36.4 Å². The van der Waals surface area contributed by atoms with Crippen molar-refractivity contribution in [3.63, 3.8) is 0 Å². The van der Waals surface area contributed by atoms with Crippen molar-refractivity contribution in [2.24, 2.45) is 0 Å². The van der Waals surface area contributed by atoms with Gasteiger partial charge in [0, 0.05) is 23.9 Å². The Labute approximate surface area is 123 Å². The largest absolute Gasteiger partial charge is 0.357 e. The first-order valence-electron chi connectivity index (χ1n) is 6.84. The zero-order valence-corrected chi connectivity index (χ0v) is 12.4. The predicted molar refractivity (Wildman–Crippen MR) is 85.6 cm³/mol. The van der Waals surface area contributed by atoms with E-state index in [1.54, 1.807) is 0 Å².